The van der Waals surface area contributed by atoms with E-state index in [4.69, 9.17) is 0 Å². The van der Waals surface area contributed by atoms with Gasteiger partial charge in [-0.1, -0.05) is 38.9 Å². The van der Waals surface area contributed by atoms with Crippen molar-refractivity contribution >= 4 is 27.3 Å². The highest BCUT2D eigenvalue weighted by Gasteiger charge is 2.09. The van der Waals surface area contributed by atoms with Crippen molar-refractivity contribution in [2.75, 3.05) is 13.6 Å². The first-order valence-corrected chi connectivity index (χ1v) is 7.05. The van der Waals surface area contributed by atoms with Gasteiger partial charge in [-0.2, -0.15) is 0 Å². The zero-order valence-electron chi connectivity index (χ0n) is 9.83. The van der Waals surface area contributed by atoms with Crippen molar-refractivity contribution < 1.29 is 0 Å². The number of likely N-dealkylation sites (N-methyl/N-ethyl adjacent to an activating group) is 1. The molecule has 1 aromatic carbocycles. The molecule has 2 aromatic rings. The Morgan fingerprint density at radius 1 is 1.35 bits per heavy atom. The summed E-state index contributed by atoms with van der Waals surface area (Å²) in [5, 5.41) is 13.6. The topological polar surface area (TPSA) is 37.8 Å². The molecular weight excluding hydrogens is 298 g/mol. The van der Waals surface area contributed by atoms with Crippen LogP contribution in [-0.4, -0.2) is 23.8 Å². The summed E-state index contributed by atoms with van der Waals surface area (Å²) in [4.78, 5) is 0. The van der Waals surface area contributed by atoms with Gasteiger partial charge in [0, 0.05) is 23.0 Å². The number of hydrogen-bond donors (Lipinski definition) is 1. The third kappa shape index (κ3) is 3.12. The molecule has 0 fully saturated rings. The second kappa shape index (κ2) is 5.71. The molecule has 90 valence electrons. The number of aromatic nitrogens is 2. The molecule has 0 aliphatic heterocycles. The lowest BCUT2D eigenvalue weighted by molar-refractivity contribution is 0.779. The van der Waals surface area contributed by atoms with Crippen LogP contribution in [0.25, 0.3) is 10.6 Å². The van der Waals surface area contributed by atoms with Gasteiger partial charge in [0.1, 0.15) is 10.0 Å². The quantitative estimate of drug-likeness (QED) is 0.943. The molecular formula is C12H14BrN3S. The molecule has 0 saturated heterocycles. The van der Waals surface area contributed by atoms with Crippen molar-refractivity contribution in [3.05, 3.63) is 33.2 Å². The van der Waals surface area contributed by atoms with Gasteiger partial charge >= 0.3 is 0 Å². The highest BCUT2D eigenvalue weighted by Crippen LogP contribution is 2.31. The van der Waals surface area contributed by atoms with Crippen molar-refractivity contribution in [2.24, 2.45) is 0 Å². The van der Waals surface area contributed by atoms with E-state index in [0.717, 1.165) is 33.0 Å². The Labute approximate surface area is 113 Å². The molecule has 0 bridgehead atoms. The smallest absolute Gasteiger partial charge is 0.148 e. The Bertz CT molecular complexity index is 510. The van der Waals surface area contributed by atoms with E-state index >= 15 is 0 Å². The molecule has 0 aliphatic rings. The van der Waals surface area contributed by atoms with E-state index in [2.05, 4.69) is 56.6 Å². The minimum Gasteiger partial charge on any atom is -0.319 e. The Morgan fingerprint density at radius 2 is 2.18 bits per heavy atom. The van der Waals surface area contributed by atoms with E-state index in [-0.39, 0.29) is 0 Å². The Hall–Kier alpha value is -0.780. The predicted molar refractivity (Wildman–Crippen MR) is 75.4 cm³/mol. The molecule has 0 spiro atoms. The number of nitrogens with one attached hydrogen (secondary N) is 1. The molecule has 0 atom stereocenters. The average molecular weight is 312 g/mol. The summed E-state index contributed by atoms with van der Waals surface area (Å²) in [5.41, 5.74) is 2.35. The summed E-state index contributed by atoms with van der Waals surface area (Å²) in [6.07, 6.45) is 0.928. The van der Waals surface area contributed by atoms with Crippen LogP contribution in [0.5, 0.6) is 0 Å². The molecule has 0 amide bonds. The van der Waals surface area contributed by atoms with Gasteiger partial charge in [-0.05, 0) is 26.1 Å². The minimum absolute atomic E-state index is 0.928. The average Bonchev–Trinajstić information content (AvgIpc) is 2.78. The molecule has 0 saturated carbocycles. The molecule has 0 unspecified atom stereocenters. The van der Waals surface area contributed by atoms with E-state index in [1.807, 2.05) is 7.05 Å². The number of halogens is 1. The zero-order chi connectivity index (χ0) is 12.3. The van der Waals surface area contributed by atoms with Crippen LogP contribution >= 0.6 is 27.3 Å². The Balaban J connectivity index is 2.27. The van der Waals surface area contributed by atoms with E-state index in [0.29, 0.717) is 0 Å². The van der Waals surface area contributed by atoms with Crippen LogP contribution in [0.2, 0.25) is 0 Å². The summed E-state index contributed by atoms with van der Waals surface area (Å²) in [6, 6.07) is 6.27. The van der Waals surface area contributed by atoms with Gasteiger partial charge in [-0.3, -0.25) is 0 Å². The van der Waals surface area contributed by atoms with Gasteiger partial charge in [0.15, 0.2) is 0 Å². The molecule has 0 aliphatic carbocycles. The summed E-state index contributed by atoms with van der Waals surface area (Å²) < 4.78 is 1.07. The summed E-state index contributed by atoms with van der Waals surface area (Å²) >= 11 is 5.21. The highest BCUT2D eigenvalue weighted by atomic mass is 79.9. The van der Waals surface area contributed by atoms with Crippen LogP contribution in [-0.2, 0) is 6.42 Å². The third-order valence-electron chi connectivity index (χ3n) is 2.41. The summed E-state index contributed by atoms with van der Waals surface area (Å²) in [5.74, 6) is 0. The van der Waals surface area contributed by atoms with Gasteiger partial charge in [0.25, 0.3) is 0 Å². The first-order chi connectivity index (χ1) is 8.20. The maximum Gasteiger partial charge on any atom is 0.148 e. The van der Waals surface area contributed by atoms with Crippen LogP contribution in [0.1, 0.15) is 10.6 Å². The predicted octanol–water partition coefficient (Wildman–Crippen LogP) is 3.04. The highest BCUT2D eigenvalue weighted by molar-refractivity contribution is 9.10. The largest absolute Gasteiger partial charge is 0.319 e. The number of nitrogens with zero attached hydrogens (tertiary/aromatic N) is 2. The number of hydrogen-bond acceptors (Lipinski definition) is 4. The monoisotopic (exact) mass is 311 g/mol. The van der Waals surface area contributed by atoms with Crippen LogP contribution < -0.4 is 5.32 Å². The van der Waals surface area contributed by atoms with Crippen LogP contribution in [0.4, 0.5) is 0 Å². The first-order valence-electron chi connectivity index (χ1n) is 5.44. The second-order valence-corrected chi connectivity index (χ2v) is 5.75. The van der Waals surface area contributed by atoms with Crippen LogP contribution in [0, 0.1) is 6.92 Å². The lowest BCUT2D eigenvalue weighted by Gasteiger charge is -2.00. The molecule has 1 heterocycles. The Kier molecular flexibility index (Phi) is 4.25. The molecule has 1 N–H and O–H groups in total. The van der Waals surface area contributed by atoms with Crippen molar-refractivity contribution in [1.29, 1.82) is 0 Å². The maximum atomic E-state index is 4.25. The van der Waals surface area contributed by atoms with E-state index in [9.17, 15) is 0 Å². The number of benzene rings is 1. The normalized spacial score (nSPS) is 10.8. The number of rotatable bonds is 4. The standard InChI is InChI=1S/C12H14BrN3S/c1-8-3-4-10(13)9(7-8)12-16-15-11(17-12)5-6-14-2/h3-4,7,14H,5-6H2,1-2H3. The fourth-order valence-corrected chi connectivity index (χ4v) is 2.93. The molecule has 5 heteroatoms. The van der Waals surface area contributed by atoms with Gasteiger partial charge < -0.3 is 5.32 Å². The van der Waals surface area contributed by atoms with Crippen LogP contribution in [0.3, 0.4) is 0 Å². The molecule has 3 nitrogen and oxygen atoms in total. The first kappa shape index (κ1) is 12.7. The lowest BCUT2D eigenvalue weighted by Crippen LogP contribution is -2.09. The van der Waals surface area contributed by atoms with Crippen molar-refractivity contribution in [1.82, 2.24) is 15.5 Å². The van der Waals surface area contributed by atoms with Crippen molar-refractivity contribution in [3.8, 4) is 10.6 Å². The van der Waals surface area contributed by atoms with Crippen molar-refractivity contribution in [2.45, 2.75) is 13.3 Å². The van der Waals surface area contributed by atoms with Gasteiger partial charge in [0.05, 0.1) is 0 Å². The molecule has 0 radical (unpaired) electrons. The summed E-state index contributed by atoms with van der Waals surface area (Å²) in [6.45, 7) is 3.02. The SMILES string of the molecule is CNCCc1nnc(-c2cc(C)ccc2Br)s1. The third-order valence-corrected chi connectivity index (χ3v) is 4.12. The fourth-order valence-electron chi connectivity index (χ4n) is 1.50. The Morgan fingerprint density at radius 3 is 2.94 bits per heavy atom. The minimum atomic E-state index is 0.928. The second-order valence-electron chi connectivity index (χ2n) is 3.84. The molecule has 17 heavy (non-hydrogen) atoms. The lowest BCUT2D eigenvalue weighted by atomic mass is 10.1. The summed E-state index contributed by atoms with van der Waals surface area (Å²) in [7, 11) is 1.94. The van der Waals surface area contributed by atoms with Gasteiger partial charge in [-0.25, -0.2) is 0 Å². The van der Waals surface area contributed by atoms with E-state index in [1.54, 1.807) is 11.3 Å². The van der Waals surface area contributed by atoms with E-state index < -0.39 is 0 Å². The van der Waals surface area contributed by atoms with Gasteiger partial charge in [-0.15, -0.1) is 10.2 Å². The van der Waals surface area contributed by atoms with E-state index in [1.165, 1.54) is 5.56 Å². The fraction of sp³-hybridized carbons (Fsp3) is 0.333. The zero-order valence-corrected chi connectivity index (χ0v) is 12.2. The van der Waals surface area contributed by atoms with Gasteiger partial charge in [0.2, 0.25) is 0 Å². The number of aryl methyl sites for hydroxylation is 1. The molecule has 1 aromatic heterocycles. The van der Waals surface area contributed by atoms with Crippen LogP contribution in [0.15, 0.2) is 22.7 Å². The maximum absolute atomic E-state index is 4.25. The van der Waals surface area contributed by atoms with Crippen molar-refractivity contribution in [3.63, 3.8) is 0 Å². The molecule has 2 rings (SSSR count).